The van der Waals surface area contributed by atoms with Crippen LogP contribution in [0.3, 0.4) is 0 Å². The normalized spacial score (nSPS) is 11.9. The van der Waals surface area contributed by atoms with Crippen LogP contribution in [0.25, 0.3) is 0 Å². The van der Waals surface area contributed by atoms with E-state index in [4.69, 9.17) is 0 Å². The smallest absolute Gasteiger partial charge is 0.327 e. The molecule has 14 heavy (non-hydrogen) atoms. The average molecular weight is 193 g/mol. The van der Waals surface area contributed by atoms with Gasteiger partial charge in [0.15, 0.2) is 0 Å². The predicted molar refractivity (Wildman–Crippen MR) is 56.3 cm³/mol. The molecule has 0 spiro atoms. The zero-order chi connectivity index (χ0) is 10.6. The summed E-state index contributed by atoms with van der Waals surface area (Å²) in [5.74, 6) is -0.259. The zero-order valence-corrected chi connectivity index (χ0v) is 8.70. The summed E-state index contributed by atoms with van der Waals surface area (Å²) in [6.45, 7) is 3.79. The molecule has 0 aliphatic rings. The number of carbonyl (C=O) groups is 1. The summed E-state index contributed by atoms with van der Waals surface area (Å²) in [5, 5.41) is 3.05. The largest absolute Gasteiger partial charge is 0.467 e. The van der Waals surface area contributed by atoms with Crippen LogP contribution in [0, 0.1) is 6.92 Å². The van der Waals surface area contributed by atoms with Gasteiger partial charge in [0.05, 0.1) is 7.11 Å². The third-order valence-electron chi connectivity index (χ3n) is 1.99. The van der Waals surface area contributed by atoms with E-state index in [1.807, 2.05) is 31.2 Å². The minimum absolute atomic E-state index is 0.259. The fourth-order valence-corrected chi connectivity index (χ4v) is 1.14. The Balaban J connectivity index is 2.60. The zero-order valence-electron chi connectivity index (χ0n) is 8.70. The average Bonchev–Trinajstić information content (AvgIpc) is 2.20. The molecular weight excluding hydrogens is 178 g/mol. The topological polar surface area (TPSA) is 38.3 Å². The second-order valence-corrected chi connectivity index (χ2v) is 3.26. The quantitative estimate of drug-likeness (QED) is 0.746. The third-order valence-corrected chi connectivity index (χ3v) is 1.99. The van der Waals surface area contributed by atoms with E-state index in [-0.39, 0.29) is 12.0 Å². The van der Waals surface area contributed by atoms with Gasteiger partial charge in [0.2, 0.25) is 0 Å². The molecule has 0 saturated carbocycles. The fourth-order valence-electron chi connectivity index (χ4n) is 1.14. The van der Waals surface area contributed by atoms with Gasteiger partial charge >= 0.3 is 5.97 Å². The first-order chi connectivity index (χ1) is 6.63. The Morgan fingerprint density at radius 1 is 1.36 bits per heavy atom. The summed E-state index contributed by atoms with van der Waals surface area (Å²) in [6.07, 6.45) is 0. The second-order valence-electron chi connectivity index (χ2n) is 3.26. The van der Waals surface area contributed by atoms with Crippen molar-refractivity contribution in [3.05, 3.63) is 29.8 Å². The van der Waals surface area contributed by atoms with Crippen LogP contribution in [-0.4, -0.2) is 19.1 Å². The maximum Gasteiger partial charge on any atom is 0.327 e. The Bertz CT molecular complexity index is 306. The van der Waals surface area contributed by atoms with E-state index >= 15 is 0 Å². The van der Waals surface area contributed by atoms with E-state index in [2.05, 4.69) is 10.1 Å². The van der Waals surface area contributed by atoms with Crippen molar-refractivity contribution >= 4 is 11.7 Å². The van der Waals surface area contributed by atoms with Crippen LogP contribution in [0.5, 0.6) is 0 Å². The van der Waals surface area contributed by atoms with Crippen molar-refractivity contribution in [1.29, 1.82) is 0 Å². The van der Waals surface area contributed by atoms with Crippen molar-refractivity contribution in [1.82, 2.24) is 0 Å². The minimum atomic E-state index is -0.317. The van der Waals surface area contributed by atoms with Gasteiger partial charge in [-0.15, -0.1) is 0 Å². The molecule has 1 atom stereocenters. The van der Waals surface area contributed by atoms with E-state index in [1.54, 1.807) is 6.92 Å². The van der Waals surface area contributed by atoms with Crippen LogP contribution in [0.15, 0.2) is 24.3 Å². The molecule has 1 aromatic carbocycles. The van der Waals surface area contributed by atoms with E-state index in [0.717, 1.165) is 5.69 Å². The van der Waals surface area contributed by atoms with Crippen LogP contribution >= 0.6 is 0 Å². The third kappa shape index (κ3) is 2.76. The molecule has 3 nitrogen and oxygen atoms in total. The molecule has 0 fully saturated rings. The highest BCUT2D eigenvalue weighted by Crippen LogP contribution is 2.10. The molecule has 0 unspecified atom stereocenters. The number of hydrogen-bond donors (Lipinski definition) is 1. The molecule has 0 heterocycles. The van der Waals surface area contributed by atoms with E-state index in [0.29, 0.717) is 0 Å². The van der Waals surface area contributed by atoms with Crippen LogP contribution in [-0.2, 0) is 9.53 Å². The van der Waals surface area contributed by atoms with Crippen LogP contribution in [0.4, 0.5) is 5.69 Å². The number of nitrogens with one attached hydrogen (secondary N) is 1. The van der Waals surface area contributed by atoms with Gasteiger partial charge < -0.3 is 10.1 Å². The molecule has 0 amide bonds. The lowest BCUT2D eigenvalue weighted by Gasteiger charge is -2.12. The van der Waals surface area contributed by atoms with Crippen molar-refractivity contribution in [3.63, 3.8) is 0 Å². The van der Waals surface area contributed by atoms with E-state index in [1.165, 1.54) is 12.7 Å². The van der Waals surface area contributed by atoms with E-state index < -0.39 is 0 Å². The molecule has 0 aromatic heterocycles. The lowest BCUT2D eigenvalue weighted by molar-refractivity contribution is -0.141. The van der Waals surface area contributed by atoms with Crippen molar-refractivity contribution in [2.45, 2.75) is 19.9 Å². The van der Waals surface area contributed by atoms with Gasteiger partial charge in [-0.25, -0.2) is 4.79 Å². The fraction of sp³-hybridized carbons (Fsp3) is 0.364. The van der Waals surface area contributed by atoms with E-state index in [9.17, 15) is 4.79 Å². The highest BCUT2D eigenvalue weighted by Gasteiger charge is 2.11. The highest BCUT2D eigenvalue weighted by atomic mass is 16.5. The second kappa shape index (κ2) is 4.65. The molecule has 76 valence electrons. The predicted octanol–water partition coefficient (Wildman–Crippen LogP) is 1.97. The van der Waals surface area contributed by atoms with Crippen LogP contribution < -0.4 is 5.32 Å². The highest BCUT2D eigenvalue weighted by molar-refractivity contribution is 5.78. The standard InChI is InChI=1S/C11H15NO2/c1-8-4-6-10(7-5-8)12-9(2)11(13)14-3/h4-7,9,12H,1-3H3/t9-/m1/s1. The SMILES string of the molecule is COC(=O)[C@@H](C)Nc1ccc(C)cc1. The summed E-state index contributed by atoms with van der Waals surface area (Å²) >= 11 is 0. The number of ether oxygens (including phenoxy) is 1. The molecule has 0 radical (unpaired) electrons. The first-order valence-electron chi connectivity index (χ1n) is 4.54. The monoisotopic (exact) mass is 193 g/mol. The Morgan fingerprint density at radius 3 is 2.43 bits per heavy atom. The number of methoxy groups -OCH3 is 1. The molecule has 1 N–H and O–H groups in total. The molecule has 3 heteroatoms. The summed E-state index contributed by atoms with van der Waals surface area (Å²) in [6, 6.07) is 7.55. The Kier molecular flexibility index (Phi) is 3.51. The summed E-state index contributed by atoms with van der Waals surface area (Å²) < 4.78 is 4.61. The molecule has 0 saturated heterocycles. The molecule has 1 rings (SSSR count). The number of esters is 1. The first-order valence-corrected chi connectivity index (χ1v) is 4.54. The maximum atomic E-state index is 11.1. The molecule has 0 aliphatic heterocycles. The van der Waals surface area contributed by atoms with Crippen molar-refractivity contribution in [2.24, 2.45) is 0 Å². The van der Waals surface area contributed by atoms with Crippen molar-refractivity contribution in [3.8, 4) is 0 Å². The lowest BCUT2D eigenvalue weighted by atomic mass is 10.2. The summed E-state index contributed by atoms with van der Waals surface area (Å²) in [5.41, 5.74) is 2.12. The maximum absolute atomic E-state index is 11.1. The Hall–Kier alpha value is -1.51. The molecule has 0 bridgehead atoms. The number of benzene rings is 1. The number of rotatable bonds is 3. The number of anilines is 1. The number of carbonyl (C=O) groups excluding carboxylic acids is 1. The van der Waals surface area contributed by atoms with Crippen molar-refractivity contribution < 1.29 is 9.53 Å². The van der Waals surface area contributed by atoms with Gasteiger partial charge in [0, 0.05) is 5.69 Å². The Labute approximate surface area is 84.1 Å². The molecule has 1 aromatic rings. The summed E-state index contributed by atoms with van der Waals surface area (Å²) in [7, 11) is 1.38. The van der Waals surface area contributed by atoms with Gasteiger partial charge in [-0.2, -0.15) is 0 Å². The number of aryl methyl sites for hydroxylation is 1. The number of hydrogen-bond acceptors (Lipinski definition) is 3. The van der Waals surface area contributed by atoms with Gasteiger partial charge in [-0.3, -0.25) is 0 Å². The minimum Gasteiger partial charge on any atom is -0.467 e. The van der Waals surface area contributed by atoms with Gasteiger partial charge in [-0.05, 0) is 26.0 Å². The molecular formula is C11H15NO2. The van der Waals surface area contributed by atoms with Crippen molar-refractivity contribution in [2.75, 3.05) is 12.4 Å². The Morgan fingerprint density at radius 2 is 1.93 bits per heavy atom. The van der Waals surface area contributed by atoms with Gasteiger partial charge in [0.25, 0.3) is 0 Å². The van der Waals surface area contributed by atoms with Gasteiger partial charge in [0.1, 0.15) is 6.04 Å². The summed E-state index contributed by atoms with van der Waals surface area (Å²) in [4.78, 5) is 11.1. The van der Waals surface area contributed by atoms with Crippen LogP contribution in [0.1, 0.15) is 12.5 Å². The lowest BCUT2D eigenvalue weighted by Crippen LogP contribution is -2.27. The van der Waals surface area contributed by atoms with Gasteiger partial charge in [-0.1, -0.05) is 17.7 Å². The first kappa shape index (κ1) is 10.6. The van der Waals surface area contributed by atoms with Crippen LogP contribution in [0.2, 0.25) is 0 Å². The molecule has 0 aliphatic carbocycles.